The van der Waals surface area contributed by atoms with Crippen molar-refractivity contribution in [1.82, 2.24) is 19.5 Å². The molecule has 8 rings (SSSR count). The second kappa shape index (κ2) is 13.2. The molecule has 0 atom stereocenters. The van der Waals surface area contributed by atoms with Crippen LogP contribution in [-0.2, 0) is 17.8 Å². The van der Waals surface area contributed by atoms with Gasteiger partial charge in [0.2, 0.25) is 0 Å². The molecule has 0 amide bonds. The number of nitrogens with zero attached hydrogens (tertiary/aromatic N) is 4. The molecule has 4 nitrogen and oxygen atoms in total. The monoisotopic (exact) mass is 742 g/mol. The van der Waals surface area contributed by atoms with Gasteiger partial charge in [0, 0.05) is 33.0 Å². The molecule has 0 aliphatic rings. The van der Waals surface area contributed by atoms with Gasteiger partial charge in [0.15, 0.2) is 17.5 Å². The van der Waals surface area contributed by atoms with Crippen LogP contribution in [0.3, 0.4) is 0 Å². The second-order valence-corrected chi connectivity index (χ2v) is 14.4. The van der Waals surface area contributed by atoms with E-state index in [1.54, 1.807) is 12.1 Å². The van der Waals surface area contributed by atoms with Crippen LogP contribution in [-0.4, -0.2) is 19.5 Å². The summed E-state index contributed by atoms with van der Waals surface area (Å²) in [7, 11) is 0. The van der Waals surface area contributed by atoms with Crippen LogP contribution in [0.5, 0.6) is 0 Å². The number of fused-ring (bicyclic) bond motifs is 3. The number of alkyl halides is 6. The van der Waals surface area contributed by atoms with E-state index in [1.807, 2.05) is 108 Å². The molecule has 0 bridgehead atoms. The molecule has 8 aromatic rings. The first kappa shape index (κ1) is 35.7. The number of hydrogen-bond donors (Lipinski definition) is 0. The second-order valence-electron chi connectivity index (χ2n) is 14.4. The van der Waals surface area contributed by atoms with Crippen molar-refractivity contribution in [2.24, 2.45) is 0 Å². The van der Waals surface area contributed by atoms with Gasteiger partial charge in [-0.2, -0.15) is 26.3 Å². The van der Waals surface area contributed by atoms with Gasteiger partial charge in [-0.25, -0.2) is 15.0 Å². The van der Waals surface area contributed by atoms with Gasteiger partial charge in [-0.3, -0.25) is 0 Å². The molecule has 0 radical (unpaired) electrons. The Kier molecular flexibility index (Phi) is 8.59. The van der Waals surface area contributed by atoms with E-state index in [0.717, 1.165) is 39.0 Å². The summed E-state index contributed by atoms with van der Waals surface area (Å²) in [6, 6.07) is 38.9. The summed E-state index contributed by atoms with van der Waals surface area (Å²) in [5, 5.41) is 1.72. The molecule has 0 spiro atoms. The van der Waals surface area contributed by atoms with E-state index in [9.17, 15) is 26.3 Å². The molecule has 0 aliphatic carbocycles. The first-order chi connectivity index (χ1) is 26.2. The van der Waals surface area contributed by atoms with Crippen LogP contribution in [0.15, 0.2) is 140 Å². The van der Waals surface area contributed by atoms with Crippen molar-refractivity contribution < 1.29 is 26.3 Å². The maximum Gasteiger partial charge on any atom is 0.417 e. The van der Waals surface area contributed by atoms with Crippen LogP contribution in [0.4, 0.5) is 26.3 Å². The zero-order valence-corrected chi connectivity index (χ0v) is 29.8. The Hall–Kier alpha value is -6.29. The highest BCUT2D eigenvalue weighted by Crippen LogP contribution is 2.45. The molecular weight excluding hydrogens is 711 g/mol. The van der Waals surface area contributed by atoms with Crippen LogP contribution in [0.1, 0.15) is 37.5 Å². The summed E-state index contributed by atoms with van der Waals surface area (Å²) in [5.41, 5.74) is 1.27. The van der Waals surface area contributed by atoms with Gasteiger partial charge in [-0.15, -0.1) is 0 Å². The van der Waals surface area contributed by atoms with Gasteiger partial charge in [-0.1, -0.05) is 130 Å². The first-order valence-corrected chi connectivity index (χ1v) is 17.5. The van der Waals surface area contributed by atoms with Crippen LogP contribution in [0, 0.1) is 0 Å². The van der Waals surface area contributed by atoms with Crippen LogP contribution < -0.4 is 0 Å². The minimum Gasteiger partial charge on any atom is -0.309 e. The molecule has 6 aromatic carbocycles. The highest BCUT2D eigenvalue weighted by atomic mass is 19.4. The van der Waals surface area contributed by atoms with E-state index in [0.29, 0.717) is 34.5 Å². The lowest BCUT2D eigenvalue weighted by Gasteiger charge is -2.22. The highest BCUT2D eigenvalue weighted by Gasteiger charge is 2.39. The Morgan fingerprint density at radius 2 is 0.964 bits per heavy atom. The number of para-hydroxylation sites is 1. The van der Waals surface area contributed by atoms with Gasteiger partial charge in [-0.05, 0) is 46.9 Å². The maximum atomic E-state index is 14.8. The van der Waals surface area contributed by atoms with Crippen molar-refractivity contribution in [3.05, 3.63) is 156 Å². The third-order valence-corrected chi connectivity index (χ3v) is 9.68. The molecule has 0 N–H and O–H groups in total. The average Bonchev–Trinajstić information content (AvgIpc) is 3.50. The smallest absolute Gasteiger partial charge is 0.309 e. The lowest BCUT2D eigenvalue weighted by Crippen LogP contribution is -2.13. The Bertz CT molecular complexity index is 2650. The number of hydrogen-bond acceptors (Lipinski definition) is 3. The molecule has 0 saturated heterocycles. The summed E-state index contributed by atoms with van der Waals surface area (Å²) in [5.74, 6) is 1.05. The molecule has 0 aliphatic heterocycles. The van der Waals surface area contributed by atoms with Crippen LogP contribution in [0.25, 0.3) is 72.8 Å². The van der Waals surface area contributed by atoms with E-state index in [4.69, 9.17) is 15.0 Å². The lowest BCUT2D eigenvalue weighted by molar-refractivity contribution is -0.142. The summed E-state index contributed by atoms with van der Waals surface area (Å²) >= 11 is 0. The topological polar surface area (TPSA) is 43.6 Å². The third-order valence-electron chi connectivity index (χ3n) is 9.68. The fourth-order valence-corrected chi connectivity index (χ4v) is 6.91. The molecule has 2 heterocycles. The van der Waals surface area contributed by atoms with E-state index in [-0.39, 0.29) is 22.9 Å². The predicted molar refractivity (Wildman–Crippen MR) is 205 cm³/mol. The lowest BCUT2D eigenvalue weighted by atomic mass is 9.86. The Labute approximate surface area is 312 Å². The van der Waals surface area contributed by atoms with Gasteiger partial charge in [0.05, 0.1) is 27.8 Å². The summed E-state index contributed by atoms with van der Waals surface area (Å²) in [6.45, 7) is 6.21. The van der Waals surface area contributed by atoms with Crippen molar-refractivity contribution in [2.75, 3.05) is 0 Å². The molecule has 2 aromatic heterocycles. The van der Waals surface area contributed by atoms with Crippen molar-refractivity contribution in [1.29, 1.82) is 0 Å². The summed E-state index contributed by atoms with van der Waals surface area (Å²) < 4.78 is 87.9. The van der Waals surface area contributed by atoms with Gasteiger partial charge in [0.1, 0.15) is 0 Å². The molecular formula is C45H32F6N4. The fraction of sp³-hybridized carbons (Fsp3) is 0.133. The largest absolute Gasteiger partial charge is 0.417 e. The number of aromatic nitrogens is 4. The highest BCUT2D eigenvalue weighted by molar-refractivity contribution is 6.10. The quantitative estimate of drug-likeness (QED) is 0.165. The Morgan fingerprint density at radius 1 is 0.436 bits per heavy atom. The van der Waals surface area contributed by atoms with Crippen molar-refractivity contribution >= 4 is 21.8 Å². The fourth-order valence-electron chi connectivity index (χ4n) is 6.91. The maximum absolute atomic E-state index is 14.8. The Morgan fingerprint density at radius 3 is 1.55 bits per heavy atom. The van der Waals surface area contributed by atoms with Gasteiger partial charge >= 0.3 is 12.4 Å². The molecule has 274 valence electrons. The van der Waals surface area contributed by atoms with Crippen LogP contribution >= 0.6 is 0 Å². The SMILES string of the molecule is CC(C)(C)c1ccc2c3ccccc3n(-c3cc(-c4nc(-c5ccccc5)nc(-c5ccccc5)n4)ccc3-c3ccc(C(F)(F)F)cc3C(F)(F)F)c2c1. The molecule has 0 unspecified atom stereocenters. The standard InChI is InChI=1S/C45H32F6N4/c1-43(2,3)30-19-23-35-33-16-10-11-17-37(33)55(39(35)26-30)38-24-29(18-21-34(38)32-22-20-31(44(46,47)48)25-36(32)45(49,50)51)42-53-40(27-12-6-4-7-13-27)52-41(54-42)28-14-8-5-9-15-28/h4-26H,1-3H3. The normalized spacial score (nSPS) is 12.5. The van der Waals surface area contributed by atoms with E-state index in [1.165, 1.54) is 6.07 Å². The van der Waals surface area contributed by atoms with Gasteiger partial charge in [0.25, 0.3) is 0 Å². The third kappa shape index (κ3) is 6.73. The number of rotatable bonds is 5. The van der Waals surface area contributed by atoms with Crippen LogP contribution in [0.2, 0.25) is 0 Å². The zero-order chi connectivity index (χ0) is 38.7. The zero-order valence-electron chi connectivity index (χ0n) is 29.8. The van der Waals surface area contributed by atoms with Crippen molar-refractivity contribution in [3.8, 4) is 51.0 Å². The minimum atomic E-state index is -5.10. The van der Waals surface area contributed by atoms with E-state index < -0.39 is 29.0 Å². The minimum absolute atomic E-state index is 0.0780. The molecule has 55 heavy (non-hydrogen) atoms. The van der Waals surface area contributed by atoms with E-state index in [2.05, 4.69) is 20.8 Å². The first-order valence-electron chi connectivity index (χ1n) is 17.5. The number of halogens is 6. The van der Waals surface area contributed by atoms with Crippen molar-refractivity contribution in [2.45, 2.75) is 38.5 Å². The average molecular weight is 743 g/mol. The Balaban J connectivity index is 1.47. The summed E-state index contributed by atoms with van der Waals surface area (Å²) in [6.07, 6.45) is -10.1. The predicted octanol–water partition coefficient (Wildman–Crippen LogP) is 13.0. The number of benzene rings is 6. The molecule has 10 heteroatoms. The van der Waals surface area contributed by atoms with E-state index >= 15 is 0 Å². The summed E-state index contributed by atoms with van der Waals surface area (Å²) in [4.78, 5) is 14.5. The molecule has 0 saturated carbocycles. The molecule has 0 fully saturated rings. The van der Waals surface area contributed by atoms with Gasteiger partial charge < -0.3 is 4.57 Å². The van der Waals surface area contributed by atoms with Crippen molar-refractivity contribution in [3.63, 3.8) is 0 Å².